The second-order valence-electron chi connectivity index (χ2n) is 6.33. The minimum absolute atomic E-state index is 0.115. The number of amides is 2. The molecule has 2 N–H and O–H groups in total. The number of anilines is 1. The van der Waals surface area contributed by atoms with E-state index in [9.17, 15) is 9.59 Å². The molecule has 0 aliphatic rings. The van der Waals surface area contributed by atoms with Crippen molar-refractivity contribution < 1.29 is 9.59 Å². The summed E-state index contributed by atoms with van der Waals surface area (Å²) in [6, 6.07) is 19.0. The van der Waals surface area contributed by atoms with E-state index in [-0.39, 0.29) is 11.8 Å². The number of rotatable bonds is 6. The topological polar surface area (TPSA) is 71.1 Å². The minimum Gasteiger partial charge on any atom is -0.348 e. The Morgan fingerprint density at radius 1 is 1.00 bits per heavy atom. The Kier molecular flexibility index (Phi) is 6.45. The van der Waals surface area contributed by atoms with Crippen LogP contribution in [-0.4, -0.2) is 16.8 Å². The van der Waals surface area contributed by atoms with Crippen molar-refractivity contribution in [1.82, 2.24) is 10.3 Å². The fourth-order valence-corrected chi connectivity index (χ4v) is 3.43. The lowest BCUT2D eigenvalue weighted by atomic mass is 10.2. The van der Waals surface area contributed by atoms with Crippen molar-refractivity contribution in [2.75, 3.05) is 5.32 Å². The van der Waals surface area contributed by atoms with Gasteiger partial charge in [0.05, 0.1) is 5.56 Å². The largest absolute Gasteiger partial charge is 0.348 e. The van der Waals surface area contributed by atoms with E-state index < -0.39 is 0 Å². The summed E-state index contributed by atoms with van der Waals surface area (Å²) < 4.78 is 0. The zero-order valence-corrected chi connectivity index (χ0v) is 16.5. The highest BCUT2D eigenvalue weighted by molar-refractivity contribution is 7.99. The van der Waals surface area contributed by atoms with E-state index >= 15 is 0 Å². The molecule has 0 fully saturated rings. The van der Waals surface area contributed by atoms with Crippen LogP contribution in [0.15, 0.2) is 76.8 Å². The van der Waals surface area contributed by atoms with E-state index in [1.807, 2.05) is 55.5 Å². The van der Waals surface area contributed by atoms with E-state index in [1.54, 1.807) is 18.3 Å². The van der Waals surface area contributed by atoms with Gasteiger partial charge in [-0.1, -0.05) is 41.6 Å². The molecule has 3 rings (SSSR count). The second-order valence-corrected chi connectivity index (χ2v) is 7.39. The highest BCUT2D eigenvalue weighted by Gasteiger charge is 2.13. The molecule has 1 heterocycles. The molecule has 0 spiro atoms. The molecule has 0 radical (unpaired) electrons. The van der Waals surface area contributed by atoms with Gasteiger partial charge in [-0.05, 0) is 48.9 Å². The monoisotopic (exact) mass is 391 g/mol. The van der Waals surface area contributed by atoms with Gasteiger partial charge in [-0.3, -0.25) is 9.59 Å². The lowest BCUT2D eigenvalue weighted by Gasteiger charge is -2.10. The van der Waals surface area contributed by atoms with Crippen LogP contribution in [0.1, 0.15) is 28.4 Å². The number of hydrogen-bond donors (Lipinski definition) is 2. The molecule has 1 aromatic heterocycles. The van der Waals surface area contributed by atoms with Crippen LogP contribution in [-0.2, 0) is 11.3 Å². The molecule has 2 amide bonds. The molecule has 0 atom stereocenters. The fourth-order valence-electron chi connectivity index (χ4n) is 2.55. The van der Waals surface area contributed by atoms with Gasteiger partial charge < -0.3 is 10.6 Å². The van der Waals surface area contributed by atoms with Crippen molar-refractivity contribution in [2.45, 2.75) is 30.3 Å². The molecular formula is C22H21N3O2S. The first-order chi connectivity index (χ1) is 13.5. The molecule has 28 heavy (non-hydrogen) atoms. The van der Waals surface area contributed by atoms with Gasteiger partial charge in [0.15, 0.2) is 0 Å². The van der Waals surface area contributed by atoms with Crippen molar-refractivity contribution in [3.05, 3.63) is 83.6 Å². The van der Waals surface area contributed by atoms with Crippen LogP contribution < -0.4 is 10.6 Å². The summed E-state index contributed by atoms with van der Waals surface area (Å²) in [6.45, 7) is 3.90. The molecule has 5 nitrogen and oxygen atoms in total. The summed E-state index contributed by atoms with van der Waals surface area (Å²) in [5.74, 6) is -0.287. The highest BCUT2D eigenvalue weighted by Crippen LogP contribution is 2.28. The van der Waals surface area contributed by atoms with Crippen LogP contribution in [0.5, 0.6) is 0 Å². The quantitative estimate of drug-likeness (QED) is 0.652. The lowest BCUT2D eigenvalue weighted by Crippen LogP contribution is -2.23. The van der Waals surface area contributed by atoms with Crippen LogP contribution in [0, 0.1) is 6.92 Å². The third-order valence-electron chi connectivity index (χ3n) is 3.98. The Morgan fingerprint density at radius 3 is 2.39 bits per heavy atom. The normalized spacial score (nSPS) is 10.4. The van der Waals surface area contributed by atoms with Gasteiger partial charge in [-0.25, -0.2) is 4.98 Å². The van der Waals surface area contributed by atoms with Gasteiger partial charge >= 0.3 is 0 Å². The summed E-state index contributed by atoms with van der Waals surface area (Å²) in [7, 11) is 0. The smallest absolute Gasteiger partial charge is 0.254 e. The molecule has 0 saturated heterocycles. The number of carbonyl (C=O) groups is 2. The molecule has 0 saturated carbocycles. The Hall–Kier alpha value is -3.12. The summed E-state index contributed by atoms with van der Waals surface area (Å²) in [6.07, 6.45) is 1.69. The SMILES string of the molecule is CC(=O)Nc1ccc(CNC(=O)c2cccnc2Sc2ccc(C)cc2)cc1. The molecule has 0 aliphatic carbocycles. The third kappa shape index (κ3) is 5.44. The number of aryl methyl sites for hydroxylation is 1. The number of hydrogen-bond acceptors (Lipinski definition) is 4. The van der Waals surface area contributed by atoms with Crippen molar-refractivity contribution >= 4 is 29.3 Å². The van der Waals surface area contributed by atoms with E-state index in [2.05, 4.69) is 15.6 Å². The predicted octanol–water partition coefficient (Wildman–Crippen LogP) is 4.43. The average molecular weight is 391 g/mol. The van der Waals surface area contributed by atoms with Gasteiger partial charge in [0.1, 0.15) is 5.03 Å². The van der Waals surface area contributed by atoms with Gasteiger partial charge in [0, 0.05) is 30.2 Å². The van der Waals surface area contributed by atoms with Crippen LogP contribution in [0.2, 0.25) is 0 Å². The number of benzene rings is 2. The van der Waals surface area contributed by atoms with Crippen LogP contribution in [0.4, 0.5) is 5.69 Å². The van der Waals surface area contributed by atoms with Gasteiger partial charge in [0.25, 0.3) is 5.91 Å². The average Bonchev–Trinajstić information content (AvgIpc) is 2.69. The fraction of sp³-hybridized carbons (Fsp3) is 0.136. The first-order valence-electron chi connectivity index (χ1n) is 8.85. The van der Waals surface area contributed by atoms with Crippen LogP contribution >= 0.6 is 11.8 Å². The van der Waals surface area contributed by atoms with Gasteiger partial charge in [-0.2, -0.15) is 0 Å². The number of pyridine rings is 1. The molecule has 0 unspecified atom stereocenters. The van der Waals surface area contributed by atoms with E-state index in [1.165, 1.54) is 24.2 Å². The lowest BCUT2D eigenvalue weighted by molar-refractivity contribution is -0.114. The summed E-state index contributed by atoms with van der Waals surface area (Å²) in [5, 5.41) is 6.32. The third-order valence-corrected chi connectivity index (χ3v) is 5.01. The van der Waals surface area contributed by atoms with Crippen molar-refractivity contribution in [3.63, 3.8) is 0 Å². The van der Waals surface area contributed by atoms with Crippen molar-refractivity contribution in [1.29, 1.82) is 0 Å². The molecule has 6 heteroatoms. The molecular weight excluding hydrogens is 370 g/mol. The van der Waals surface area contributed by atoms with E-state index in [4.69, 9.17) is 0 Å². The van der Waals surface area contributed by atoms with Crippen LogP contribution in [0.25, 0.3) is 0 Å². The van der Waals surface area contributed by atoms with E-state index in [0.717, 1.165) is 16.1 Å². The highest BCUT2D eigenvalue weighted by atomic mass is 32.2. The molecule has 3 aromatic rings. The number of nitrogens with one attached hydrogen (secondary N) is 2. The first-order valence-corrected chi connectivity index (χ1v) is 9.67. The predicted molar refractivity (Wildman–Crippen MR) is 111 cm³/mol. The number of aromatic nitrogens is 1. The van der Waals surface area contributed by atoms with Crippen LogP contribution in [0.3, 0.4) is 0 Å². The Bertz CT molecular complexity index is 970. The van der Waals surface area contributed by atoms with Gasteiger partial charge in [0.2, 0.25) is 5.91 Å². The van der Waals surface area contributed by atoms with Crippen molar-refractivity contribution in [2.24, 2.45) is 0 Å². The Labute approximate surface area is 168 Å². The van der Waals surface area contributed by atoms with Gasteiger partial charge in [-0.15, -0.1) is 0 Å². The van der Waals surface area contributed by atoms with E-state index in [0.29, 0.717) is 17.1 Å². The summed E-state index contributed by atoms with van der Waals surface area (Å²) in [5.41, 5.74) is 3.40. The minimum atomic E-state index is -0.173. The Balaban J connectivity index is 1.66. The zero-order chi connectivity index (χ0) is 19.9. The maximum Gasteiger partial charge on any atom is 0.254 e. The molecule has 0 bridgehead atoms. The first kappa shape index (κ1) is 19.6. The Morgan fingerprint density at radius 2 is 1.71 bits per heavy atom. The maximum absolute atomic E-state index is 12.7. The summed E-state index contributed by atoms with van der Waals surface area (Å²) in [4.78, 5) is 29.2. The maximum atomic E-state index is 12.7. The van der Waals surface area contributed by atoms with Crippen molar-refractivity contribution in [3.8, 4) is 0 Å². The molecule has 0 aliphatic heterocycles. The second kappa shape index (κ2) is 9.19. The standard InChI is InChI=1S/C22H21N3O2S/c1-15-5-11-19(12-6-15)28-22-20(4-3-13-23-22)21(27)24-14-17-7-9-18(10-8-17)25-16(2)26/h3-13H,14H2,1-2H3,(H,24,27)(H,25,26). The number of carbonyl (C=O) groups excluding carboxylic acids is 2. The zero-order valence-electron chi connectivity index (χ0n) is 15.7. The molecule has 142 valence electrons. The summed E-state index contributed by atoms with van der Waals surface area (Å²) >= 11 is 1.47. The number of nitrogens with zero attached hydrogens (tertiary/aromatic N) is 1. The molecule has 2 aromatic carbocycles.